The van der Waals surface area contributed by atoms with Crippen LogP contribution in [-0.4, -0.2) is 43.3 Å². The number of methoxy groups -OCH3 is 1. The van der Waals surface area contributed by atoms with E-state index in [1.165, 1.54) is 7.11 Å². The largest absolute Gasteiger partial charge is 0.459 e. The number of aliphatic hydroxyl groups excluding tert-OH is 1. The lowest BCUT2D eigenvalue weighted by Crippen LogP contribution is -2.35. The van der Waals surface area contributed by atoms with Crippen molar-refractivity contribution < 1.29 is 54.9 Å². The van der Waals surface area contributed by atoms with Gasteiger partial charge < -0.3 is 19.0 Å². The summed E-state index contributed by atoms with van der Waals surface area (Å²) in [6.45, 7) is 1.87. The number of fused-ring (bicyclic) bond motifs is 3. The molecule has 2 aromatic rings. The molecule has 2 saturated heterocycles. The van der Waals surface area contributed by atoms with E-state index in [1.807, 2.05) is 13.0 Å². The molecule has 7 nitrogen and oxygen atoms in total. The molecule has 232 valence electrons. The van der Waals surface area contributed by atoms with E-state index in [0.29, 0.717) is 41.4 Å². The van der Waals surface area contributed by atoms with Gasteiger partial charge in [0.05, 0.1) is 48.0 Å². The molecule has 43 heavy (non-hydrogen) atoms. The number of allylic oxidation sites excluding steroid dienone is 1. The molecule has 0 radical (unpaired) electrons. The minimum Gasteiger partial charge on any atom is -0.459 e. The van der Waals surface area contributed by atoms with Crippen molar-refractivity contribution in [3.8, 4) is 0 Å². The third-order valence-corrected chi connectivity index (χ3v) is 8.18. The third-order valence-electron chi connectivity index (χ3n) is 8.18. The number of anilines is 1. The molecule has 2 aliphatic heterocycles. The molecule has 1 N–H and O–H groups in total. The fourth-order valence-corrected chi connectivity index (χ4v) is 6.33. The molecule has 0 saturated carbocycles. The molecule has 0 bridgehead atoms. The van der Waals surface area contributed by atoms with Crippen LogP contribution in [-0.2, 0) is 38.0 Å². The fraction of sp³-hybridized carbons (Fsp3) is 0.467. The highest BCUT2D eigenvalue weighted by molar-refractivity contribution is 6.22. The Morgan fingerprint density at radius 2 is 1.72 bits per heavy atom. The maximum Gasteiger partial charge on any atom is 0.416 e. The van der Waals surface area contributed by atoms with Crippen LogP contribution in [0.5, 0.6) is 0 Å². The molecule has 2 amide bonds. The van der Waals surface area contributed by atoms with E-state index in [-0.39, 0.29) is 32.3 Å². The molecule has 1 aromatic carbocycles. The summed E-state index contributed by atoms with van der Waals surface area (Å²) in [6.07, 6.45) is -7.70. The van der Waals surface area contributed by atoms with Crippen LogP contribution in [0.4, 0.5) is 32.0 Å². The Labute approximate surface area is 242 Å². The zero-order chi connectivity index (χ0) is 31.3. The first-order valence-electron chi connectivity index (χ1n) is 13.6. The van der Waals surface area contributed by atoms with Crippen molar-refractivity contribution >= 4 is 23.6 Å². The van der Waals surface area contributed by atoms with Gasteiger partial charge in [0, 0.05) is 13.0 Å². The summed E-state index contributed by atoms with van der Waals surface area (Å²) in [5.74, 6) is -3.24. The number of hydrogen-bond donors (Lipinski definition) is 1. The zero-order valence-electron chi connectivity index (χ0n) is 23.2. The Bertz CT molecular complexity index is 1440. The van der Waals surface area contributed by atoms with Crippen LogP contribution < -0.4 is 4.90 Å². The van der Waals surface area contributed by atoms with Gasteiger partial charge in [-0.15, -0.1) is 0 Å². The number of carbonyl (C=O) groups is 2. The number of benzene rings is 1. The van der Waals surface area contributed by atoms with E-state index in [2.05, 4.69) is 0 Å². The number of furan rings is 1. The normalized spacial score (nSPS) is 24.7. The molecule has 0 unspecified atom stereocenters. The molecule has 5 rings (SSSR count). The number of rotatable bonds is 8. The first-order chi connectivity index (χ1) is 20.2. The van der Waals surface area contributed by atoms with Crippen LogP contribution in [0.25, 0.3) is 6.08 Å². The number of nitrogens with zero attached hydrogens (tertiary/aromatic N) is 1. The van der Waals surface area contributed by atoms with E-state index < -0.39 is 64.8 Å². The number of carbonyl (C=O) groups excluding carboxylic acids is 2. The lowest BCUT2D eigenvalue weighted by Gasteiger charge is -2.31. The van der Waals surface area contributed by atoms with Crippen molar-refractivity contribution in [2.45, 2.75) is 51.2 Å². The summed E-state index contributed by atoms with van der Waals surface area (Å²) in [5.41, 5.74) is -1.50. The van der Waals surface area contributed by atoms with E-state index in [1.54, 1.807) is 12.1 Å². The fourth-order valence-electron chi connectivity index (χ4n) is 6.33. The summed E-state index contributed by atoms with van der Waals surface area (Å²) in [7, 11) is 1.46. The highest BCUT2D eigenvalue weighted by Crippen LogP contribution is 2.51. The van der Waals surface area contributed by atoms with Crippen molar-refractivity contribution in [1.29, 1.82) is 0 Å². The van der Waals surface area contributed by atoms with Crippen molar-refractivity contribution in [3.05, 3.63) is 69.7 Å². The number of hydrogen-bond acceptors (Lipinski definition) is 6. The number of imide groups is 1. The van der Waals surface area contributed by atoms with Crippen molar-refractivity contribution in [2.75, 3.05) is 25.2 Å². The predicted octanol–water partition coefficient (Wildman–Crippen LogP) is 6.16. The van der Waals surface area contributed by atoms with Gasteiger partial charge in [0.25, 0.3) is 0 Å². The molecular weight excluding hydrogens is 584 g/mol. The standard InChI is InChI=1S/C30H29F6NO6/c1-15(7-20-4-5-21(12-38)43-20)3-6-24-25-16(13-41-2)8-22-26(23(25)14-42-24)28(40)37(27(22)39)19-10-17(29(31,32)33)9-18(11-19)30(34,35)36/h4-5,7,9-11,22-24,26,38H,3,6,8,12-14H2,1-2H3/b15-7+/t22-,23+,24-,26-/m1/s1. The predicted molar refractivity (Wildman–Crippen MR) is 140 cm³/mol. The van der Waals surface area contributed by atoms with Gasteiger partial charge in [-0.2, -0.15) is 26.3 Å². The van der Waals surface area contributed by atoms with Gasteiger partial charge >= 0.3 is 12.4 Å². The van der Waals surface area contributed by atoms with Gasteiger partial charge in [-0.1, -0.05) is 5.57 Å². The monoisotopic (exact) mass is 613 g/mol. The lowest BCUT2D eigenvalue weighted by atomic mass is 9.69. The molecule has 3 aliphatic rings. The number of alkyl halides is 6. The minimum absolute atomic E-state index is 0.0405. The van der Waals surface area contributed by atoms with E-state index in [4.69, 9.17) is 13.9 Å². The van der Waals surface area contributed by atoms with Crippen LogP contribution >= 0.6 is 0 Å². The molecular formula is C30H29F6NO6. The Kier molecular flexibility index (Phi) is 8.36. The highest BCUT2D eigenvalue weighted by Gasteiger charge is 2.57. The van der Waals surface area contributed by atoms with E-state index in [0.717, 1.165) is 16.7 Å². The minimum atomic E-state index is -5.13. The molecule has 0 spiro atoms. The first-order valence-corrected chi connectivity index (χ1v) is 13.6. The third kappa shape index (κ3) is 6.02. The summed E-state index contributed by atoms with van der Waals surface area (Å²) in [4.78, 5) is 27.7. The summed E-state index contributed by atoms with van der Waals surface area (Å²) < 4.78 is 98.1. The molecule has 1 aromatic heterocycles. The topological polar surface area (TPSA) is 89.2 Å². The van der Waals surface area contributed by atoms with Gasteiger partial charge in [-0.3, -0.25) is 9.59 Å². The second-order valence-corrected chi connectivity index (χ2v) is 11.0. The summed E-state index contributed by atoms with van der Waals surface area (Å²) in [6, 6.07) is 4.16. The van der Waals surface area contributed by atoms with Gasteiger partial charge in [0.1, 0.15) is 18.1 Å². The van der Waals surface area contributed by atoms with Gasteiger partial charge in [-0.25, -0.2) is 4.90 Å². The second-order valence-electron chi connectivity index (χ2n) is 11.0. The maximum absolute atomic E-state index is 13.7. The quantitative estimate of drug-likeness (QED) is 0.218. The molecule has 2 fully saturated rings. The Hall–Kier alpha value is -3.42. The van der Waals surface area contributed by atoms with Gasteiger partial charge in [0.2, 0.25) is 11.8 Å². The second kappa shape index (κ2) is 11.6. The number of aliphatic hydroxyl groups is 1. The smallest absolute Gasteiger partial charge is 0.416 e. The molecule has 4 atom stereocenters. The summed E-state index contributed by atoms with van der Waals surface area (Å²) >= 11 is 0. The number of ether oxygens (including phenoxy) is 2. The van der Waals surface area contributed by atoms with Crippen LogP contribution in [0.1, 0.15) is 48.8 Å². The van der Waals surface area contributed by atoms with Crippen LogP contribution in [0.15, 0.2) is 51.5 Å². The lowest BCUT2D eigenvalue weighted by molar-refractivity contribution is -0.143. The number of amides is 2. The van der Waals surface area contributed by atoms with E-state index >= 15 is 0 Å². The van der Waals surface area contributed by atoms with Gasteiger partial charge in [0.15, 0.2) is 0 Å². The van der Waals surface area contributed by atoms with Crippen molar-refractivity contribution in [2.24, 2.45) is 17.8 Å². The van der Waals surface area contributed by atoms with E-state index in [9.17, 15) is 41.0 Å². The SMILES string of the molecule is COCC1=C2[C@@H](CC/C(C)=C/c3ccc(CO)o3)OC[C@@H]2[C@@H]2C(=O)N(c3cc(C(F)(F)F)cc(C(F)(F)F)c3)C(=O)[C@@H]2C1. The summed E-state index contributed by atoms with van der Waals surface area (Å²) in [5, 5.41) is 9.20. The molecule has 13 heteroatoms. The Morgan fingerprint density at radius 3 is 2.30 bits per heavy atom. The highest BCUT2D eigenvalue weighted by atomic mass is 19.4. The van der Waals surface area contributed by atoms with Crippen molar-refractivity contribution in [1.82, 2.24) is 0 Å². The zero-order valence-corrected chi connectivity index (χ0v) is 23.2. The number of halogens is 6. The average Bonchev–Trinajstić information content (AvgIpc) is 3.63. The average molecular weight is 614 g/mol. The van der Waals surface area contributed by atoms with Gasteiger partial charge in [-0.05, 0) is 73.7 Å². The first kappa shape index (κ1) is 31.0. The Morgan fingerprint density at radius 1 is 1.05 bits per heavy atom. The Balaban J connectivity index is 1.42. The van der Waals surface area contributed by atoms with Crippen LogP contribution in [0.2, 0.25) is 0 Å². The van der Waals surface area contributed by atoms with Crippen LogP contribution in [0, 0.1) is 17.8 Å². The molecule has 1 aliphatic carbocycles. The maximum atomic E-state index is 13.7. The molecule has 3 heterocycles. The van der Waals surface area contributed by atoms with Crippen molar-refractivity contribution in [3.63, 3.8) is 0 Å². The van der Waals surface area contributed by atoms with Crippen LogP contribution in [0.3, 0.4) is 0 Å².